The van der Waals surface area contributed by atoms with Crippen LogP contribution in [0.4, 0.5) is 0 Å². The number of rotatable bonds is 4. The molecule has 0 fully saturated rings. The van der Waals surface area contributed by atoms with Crippen LogP contribution >= 0.6 is 11.6 Å². The van der Waals surface area contributed by atoms with Crippen LogP contribution in [0.2, 0.25) is 0 Å². The number of carbonyl (C=O) groups is 1. The van der Waals surface area contributed by atoms with E-state index in [1.54, 1.807) is 13.0 Å². The van der Waals surface area contributed by atoms with E-state index in [0.717, 1.165) is 5.56 Å². The highest BCUT2D eigenvalue weighted by molar-refractivity contribution is 6.43. The highest BCUT2D eigenvalue weighted by atomic mass is 35.5. The van der Waals surface area contributed by atoms with Crippen LogP contribution in [0.1, 0.15) is 37.8 Å². The summed E-state index contributed by atoms with van der Waals surface area (Å²) in [5, 5.41) is 0.101. The summed E-state index contributed by atoms with van der Waals surface area (Å²) < 4.78 is 4.80. The first-order valence-corrected chi connectivity index (χ1v) is 6.06. The number of benzene rings is 1. The molecule has 0 radical (unpaired) electrons. The SMILES string of the molecule is CCOC(=O)/C(Cl)=C/c1ccc(C(C)C)cc1. The van der Waals surface area contributed by atoms with Crippen molar-refractivity contribution >= 4 is 23.6 Å². The van der Waals surface area contributed by atoms with E-state index in [4.69, 9.17) is 16.3 Å². The number of esters is 1. The van der Waals surface area contributed by atoms with E-state index in [9.17, 15) is 4.79 Å². The van der Waals surface area contributed by atoms with Gasteiger partial charge in [0.2, 0.25) is 0 Å². The molecule has 0 saturated heterocycles. The molecule has 0 aromatic heterocycles. The summed E-state index contributed by atoms with van der Waals surface area (Å²) in [6.07, 6.45) is 1.61. The average Bonchev–Trinajstić information content (AvgIpc) is 2.30. The maximum Gasteiger partial charge on any atom is 0.349 e. The zero-order valence-electron chi connectivity index (χ0n) is 10.4. The fourth-order valence-electron chi connectivity index (χ4n) is 1.38. The first-order chi connectivity index (χ1) is 8.04. The molecule has 0 unspecified atom stereocenters. The van der Waals surface area contributed by atoms with Crippen LogP contribution in [-0.4, -0.2) is 12.6 Å². The van der Waals surface area contributed by atoms with Crippen molar-refractivity contribution in [2.75, 3.05) is 6.61 Å². The van der Waals surface area contributed by atoms with E-state index in [1.165, 1.54) is 5.56 Å². The van der Waals surface area contributed by atoms with Gasteiger partial charge in [-0.05, 0) is 30.0 Å². The lowest BCUT2D eigenvalue weighted by atomic mass is 10.0. The van der Waals surface area contributed by atoms with Crippen molar-refractivity contribution in [3.8, 4) is 0 Å². The van der Waals surface area contributed by atoms with Crippen molar-refractivity contribution in [2.45, 2.75) is 26.7 Å². The van der Waals surface area contributed by atoms with Gasteiger partial charge in [-0.15, -0.1) is 0 Å². The minimum atomic E-state index is -0.484. The Morgan fingerprint density at radius 1 is 1.35 bits per heavy atom. The third kappa shape index (κ3) is 4.23. The highest BCUT2D eigenvalue weighted by Crippen LogP contribution is 2.17. The normalized spacial score (nSPS) is 11.7. The van der Waals surface area contributed by atoms with Crippen LogP contribution in [-0.2, 0) is 9.53 Å². The van der Waals surface area contributed by atoms with Gasteiger partial charge in [0.25, 0.3) is 0 Å². The summed E-state index contributed by atoms with van der Waals surface area (Å²) in [6.45, 7) is 6.35. The van der Waals surface area contributed by atoms with Crippen molar-refractivity contribution in [3.63, 3.8) is 0 Å². The van der Waals surface area contributed by atoms with Gasteiger partial charge < -0.3 is 4.74 Å². The van der Waals surface area contributed by atoms with E-state index >= 15 is 0 Å². The molecule has 1 aromatic rings. The summed E-state index contributed by atoms with van der Waals surface area (Å²) in [7, 11) is 0. The molecule has 0 N–H and O–H groups in total. The van der Waals surface area contributed by atoms with Crippen LogP contribution in [0.15, 0.2) is 29.3 Å². The molecule has 0 bridgehead atoms. The van der Waals surface area contributed by atoms with Crippen molar-refractivity contribution in [1.29, 1.82) is 0 Å². The predicted octanol–water partition coefficient (Wildman–Crippen LogP) is 3.95. The monoisotopic (exact) mass is 252 g/mol. The van der Waals surface area contributed by atoms with Crippen molar-refractivity contribution in [3.05, 3.63) is 40.4 Å². The molecule has 0 aliphatic heterocycles. The van der Waals surface area contributed by atoms with Crippen LogP contribution in [0.5, 0.6) is 0 Å². The largest absolute Gasteiger partial charge is 0.462 e. The van der Waals surface area contributed by atoms with Gasteiger partial charge in [0.15, 0.2) is 0 Å². The highest BCUT2D eigenvalue weighted by Gasteiger charge is 2.07. The number of hydrogen-bond acceptors (Lipinski definition) is 2. The first-order valence-electron chi connectivity index (χ1n) is 5.69. The molecule has 0 spiro atoms. The first kappa shape index (κ1) is 13.8. The maximum atomic E-state index is 11.3. The van der Waals surface area contributed by atoms with Gasteiger partial charge in [0.05, 0.1) is 6.61 Å². The molecule has 3 heteroatoms. The van der Waals surface area contributed by atoms with E-state index in [2.05, 4.69) is 13.8 Å². The maximum absolute atomic E-state index is 11.3. The molecule has 17 heavy (non-hydrogen) atoms. The number of ether oxygens (including phenoxy) is 1. The quantitative estimate of drug-likeness (QED) is 0.599. The lowest BCUT2D eigenvalue weighted by Crippen LogP contribution is -2.03. The Balaban J connectivity index is 2.80. The third-order valence-electron chi connectivity index (χ3n) is 2.37. The Hall–Kier alpha value is -1.28. The summed E-state index contributed by atoms with van der Waals surface area (Å²) in [6, 6.07) is 7.95. The van der Waals surface area contributed by atoms with Crippen LogP contribution in [0, 0.1) is 0 Å². The predicted molar refractivity (Wildman–Crippen MR) is 71.0 cm³/mol. The van der Waals surface area contributed by atoms with Gasteiger partial charge in [0.1, 0.15) is 5.03 Å². The van der Waals surface area contributed by atoms with Gasteiger partial charge in [0, 0.05) is 0 Å². The zero-order valence-corrected chi connectivity index (χ0v) is 11.1. The molecule has 92 valence electrons. The van der Waals surface area contributed by atoms with Gasteiger partial charge in [-0.2, -0.15) is 0 Å². The summed E-state index contributed by atoms with van der Waals surface area (Å²) >= 11 is 5.83. The van der Waals surface area contributed by atoms with E-state index in [1.807, 2.05) is 24.3 Å². The fourth-order valence-corrected chi connectivity index (χ4v) is 1.56. The molecular weight excluding hydrogens is 236 g/mol. The zero-order chi connectivity index (χ0) is 12.8. The Labute approximate surface area is 107 Å². The van der Waals surface area contributed by atoms with Crippen molar-refractivity contribution in [1.82, 2.24) is 0 Å². The Morgan fingerprint density at radius 2 is 1.94 bits per heavy atom. The molecule has 0 atom stereocenters. The third-order valence-corrected chi connectivity index (χ3v) is 2.63. The molecule has 0 amide bonds. The minimum Gasteiger partial charge on any atom is -0.462 e. The Kier molecular flexibility index (Phi) is 5.23. The molecule has 2 nitrogen and oxygen atoms in total. The molecule has 0 aliphatic rings. The second kappa shape index (κ2) is 6.45. The lowest BCUT2D eigenvalue weighted by molar-refractivity contribution is -0.137. The van der Waals surface area contributed by atoms with E-state index in [0.29, 0.717) is 12.5 Å². The van der Waals surface area contributed by atoms with Crippen molar-refractivity contribution in [2.24, 2.45) is 0 Å². The van der Waals surface area contributed by atoms with Crippen LogP contribution in [0.3, 0.4) is 0 Å². The number of halogens is 1. The summed E-state index contributed by atoms with van der Waals surface area (Å²) in [4.78, 5) is 11.3. The number of hydrogen-bond donors (Lipinski definition) is 0. The van der Waals surface area contributed by atoms with E-state index in [-0.39, 0.29) is 5.03 Å². The molecule has 0 aliphatic carbocycles. The minimum absolute atomic E-state index is 0.101. The standard InChI is InChI=1S/C14H17ClO2/c1-4-17-14(16)13(15)9-11-5-7-12(8-6-11)10(2)3/h5-10H,4H2,1-3H3/b13-9-. The lowest BCUT2D eigenvalue weighted by Gasteiger charge is -2.05. The topological polar surface area (TPSA) is 26.3 Å². The molecular formula is C14H17ClO2. The van der Waals surface area contributed by atoms with Gasteiger partial charge in [-0.25, -0.2) is 4.79 Å². The summed E-state index contributed by atoms with van der Waals surface area (Å²) in [5.41, 5.74) is 2.15. The van der Waals surface area contributed by atoms with E-state index < -0.39 is 5.97 Å². The second-order valence-electron chi connectivity index (χ2n) is 4.03. The average molecular weight is 253 g/mol. The fraction of sp³-hybridized carbons (Fsp3) is 0.357. The number of carbonyl (C=O) groups excluding carboxylic acids is 1. The second-order valence-corrected chi connectivity index (χ2v) is 4.44. The molecule has 1 aromatic carbocycles. The Bertz CT molecular complexity index is 405. The smallest absolute Gasteiger partial charge is 0.349 e. The Morgan fingerprint density at radius 3 is 2.41 bits per heavy atom. The van der Waals surface area contributed by atoms with Gasteiger partial charge in [-0.3, -0.25) is 0 Å². The molecule has 0 saturated carbocycles. The van der Waals surface area contributed by atoms with Crippen LogP contribution < -0.4 is 0 Å². The van der Waals surface area contributed by atoms with Gasteiger partial charge >= 0.3 is 5.97 Å². The van der Waals surface area contributed by atoms with Crippen molar-refractivity contribution < 1.29 is 9.53 Å². The van der Waals surface area contributed by atoms with Gasteiger partial charge in [-0.1, -0.05) is 49.7 Å². The molecule has 1 rings (SSSR count). The van der Waals surface area contributed by atoms with Crippen LogP contribution in [0.25, 0.3) is 6.08 Å². The molecule has 0 heterocycles. The summed E-state index contributed by atoms with van der Waals surface area (Å²) in [5.74, 6) is 0.00987.